The van der Waals surface area contributed by atoms with Crippen molar-refractivity contribution in [2.75, 3.05) is 0 Å². The Balaban J connectivity index is 2.36. The van der Waals surface area contributed by atoms with Gasteiger partial charge in [-0.1, -0.05) is 27.5 Å². The first kappa shape index (κ1) is 16.2. The first-order chi connectivity index (χ1) is 9.99. The lowest BCUT2D eigenvalue weighted by Crippen LogP contribution is -2.29. The fourth-order valence-corrected chi connectivity index (χ4v) is 2.94. The summed E-state index contributed by atoms with van der Waals surface area (Å²) in [5.74, 6) is 6.42. The average Bonchev–Trinajstić information content (AvgIpc) is 2.38. The Hall–Kier alpha value is -1.14. The first-order valence-electron chi connectivity index (χ1n) is 6.53. The number of hydrazine groups is 1. The van der Waals surface area contributed by atoms with Crippen molar-refractivity contribution in [2.24, 2.45) is 5.84 Å². The lowest BCUT2D eigenvalue weighted by atomic mass is 10.0. The normalized spacial score (nSPS) is 12.5. The van der Waals surface area contributed by atoms with Gasteiger partial charge in [-0.25, -0.2) is 5.43 Å². The molecule has 0 saturated carbocycles. The number of nitrogens with zero attached hydrogens (tertiary/aromatic N) is 1. The fourth-order valence-electron chi connectivity index (χ4n) is 2.06. The summed E-state index contributed by atoms with van der Waals surface area (Å²) < 4.78 is 6.56. The Morgan fingerprint density at radius 1 is 1.19 bits per heavy atom. The van der Waals surface area contributed by atoms with Gasteiger partial charge in [-0.3, -0.25) is 10.8 Å². The highest BCUT2D eigenvalue weighted by atomic mass is 79.9. The van der Waals surface area contributed by atoms with Crippen LogP contribution in [0, 0.1) is 0 Å². The number of aromatic nitrogens is 1. The summed E-state index contributed by atoms with van der Waals surface area (Å²) in [6.45, 7) is 3.94. The van der Waals surface area contributed by atoms with Crippen molar-refractivity contribution in [1.82, 2.24) is 10.4 Å². The first-order valence-corrected chi connectivity index (χ1v) is 7.70. The lowest BCUT2D eigenvalue weighted by molar-refractivity contribution is 0.241. The standard InChI is InChI=1S/C15H17BrClN3O/c1-9(2)21-14-5-11(7-19-8-14)15(20-18)10-3-12(16)6-13(17)4-10/h3-9,15,20H,18H2,1-2H3. The van der Waals surface area contributed by atoms with E-state index >= 15 is 0 Å². The largest absolute Gasteiger partial charge is 0.489 e. The van der Waals surface area contributed by atoms with Gasteiger partial charge in [0.05, 0.1) is 18.3 Å². The molecule has 21 heavy (non-hydrogen) atoms. The van der Waals surface area contributed by atoms with Crippen LogP contribution in [0.15, 0.2) is 41.1 Å². The number of halogens is 2. The maximum Gasteiger partial charge on any atom is 0.138 e. The molecule has 0 aliphatic carbocycles. The molecule has 0 bridgehead atoms. The predicted octanol–water partition coefficient (Wildman–Crippen LogP) is 3.84. The van der Waals surface area contributed by atoms with Crippen LogP contribution in [-0.4, -0.2) is 11.1 Å². The number of ether oxygens (including phenoxy) is 1. The summed E-state index contributed by atoms with van der Waals surface area (Å²) in [4.78, 5) is 4.21. The SMILES string of the molecule is CC(C)Oc1cncc(C(NN)c2cc(Cl)cc(Br)c2)c1. The molecule has 2 aromatic rings. The van der Waals surface area contributed by atoms with Crippen molar-refractivity contribution in [2.45, 2.75) is 26.0 Å². The van der Waals surface area contributed by atoms with Crippen molar-refractivity contribution < 1.29 is 4.74 Å². The molecule has 0 fully saturated rings. The van der Waals surface area contributed by atoms with Gasteiger partial charge in [0, 0.05) is 15.7 Å². The average molecular weight is 371 g/mol. The highest BCUT2D eigenvalue weighted by molar-refractivity contribution is 9.10. The van der Waals surface area contributed by atoms with Gasteiger partial charge < -0.3 is 4.74 Å². The van der Waals surface area contributed by atoms with Crippen LogP contribution in [0.3, 0.4) is 0 Å². The minimum absolute atomic E-state index is 0.0895. The second-order valence-electron chi connectivity index (χ2n) is 4.92. The number of nitrogens with one attached hydrogen (secondary N) is 1. The number of benzene rings is 1. The number of hydrogen-bond acceptors (Lipinski definition) is 4. The van der Waals surface area contributed by atoms with Gasteiger partial charge in [-0.05, 0) is 49.2 Å². The quantitative estimate of drug-likeness (QED) is 0.620. The molecule has 6 heteroatoms. The zero-order valence-corrected chi connectivity index (χ0v) is 14.1. The topological polar surface area (TPSA) is 60.2 Å². The number of rotatable bonds is 5. The Morgan fingerprint density at radius 2 is 1.95 bits per heavy atom. The zero-order valence-electron chi connectivity index (χ0n) is 11.8. The van der Waals surface area contributed by atoms with Crippen LogP contribution in [0.4, 0.5) is 0 Å². The fraction of sp³-hybridized carbons (Fsp3) is 0.267. The summed E-state index contributed by atoms with van der Waals surface area (Å²) in [5.41, 5.74) is 4.65. The van der Waals surface area contributed by atoms with E-state index in [1.165, 1.54) is 0 Å². The lowest BCUT2D eigenvalue weighted by Gasteiger charge is -2.18. The van der Waals surface area contributed by atoms with Gasteiger partial charge in [0.2, 0.25) is 0 Å². The molecule has 0 aliphatic rings. The van der Waals surface area contributed by atoms with Gasteiger partial charge in [-0.2, -0.15) is 0 Å². The Labute approximate surface area is 137 Å². The van der Waals surface area contributed by atoms with Crippen molar-refractivity contribution in [3.8, 4) is 5.75 Å². The molecule has 1 unspecified atom stereocenters. The Kier molecular flexibility index (Phi) is 5.58. The third kappa shape index (κ3) is 4.41. The van der Waals surface area contributed by atoms with E-state index in [9.17, 15) is 0 Å². The van der Waals surface area contributed by atoms with E-state index in [1.807, 2.05) is 38.1 Å². The Bertz CT molecular complexity index is 601. The monoisotopic (exact) mass is 369 g/mol. The second-order valence-corrected chi connectivity index (χ2v) is 6.28. The van der Waals surface area contributed by atoms with Crippen LogP contribution in [0.2, 0.25) is 5.02 Å². The van der Waals surface area contributed by atoms with Crippen molar-refractivity contribution in [3.05, 3.63) is 57.3 Å². The molecule has 1 aromatic carbocycles. The molecule has 1 atom stereocenters. The van der Waals surface area contributed by atoms with Crippen LogP contribution in [0.1, 0.15) is 31.0 Å². The number of pyridine rings is 1. The minimum atomic E-state index is -0.219. The Morgan fingerprint density at radius 3 is 2.57 bits per heavy atom. The highest BCUT2D eigenvalue weighted by Crippen LogP contribution is 2.28. The third-order valence-electron chi connectivity index (χ3n) is 2.82. The summed E-state index contributed by atoms with van der Waals surface area (Å²) in [5, 5.41) is 0.641. The molecule has 4 nitrogen and oxygen atoms in total. The van der Waals surface area contributed by atoms with Gasteiger partial charge >= 0.3 is 0 Å². The van der Waals surface area contributed by atoms with Gasteiger partial charge in [0.15, 0.2) is 0 Å². The van der Waals surface area contributed by atoms with Crippen molar-refractivity contribution >= 4 is 27.5 Å². The van der Waals surface area contributed by atoms with Crippen LogP contribution in [0.25, 0.3) is 0 Å². The predicted molar refractivity (Wildman–Crippen MR) is 88.3 cm³/mol. The molecule has 0 spiro atoms. The van der Waals surface area contributed by atoms with Crippen molar-refractivity contribution in [1.29, 1.82) is 0 Å². The van der Waals surface area contributed by atoms with E-state index in [-0.39, 0.29) is 12.1 Å². The van der Waals surface area contributed by atoms with E-state index in [2.05, 4.69) is 26.3 Å². The van der Waals surface area contributed by atoms with Crippen LogP contribution < -0.4 is 16.0 Å². The molecular formula is C15H17BrClN3O. The number of nitrogens with two attached hydrogens (primary N) is 1. The van der Waals surface area contributed by atoms with Gasteiger partial charge in [0.25, 0.3) is 0 Å². The maximum absolute atomic E-state index is 6.10. The summed E-state index contributed by atoms with van der Waals surface area (Å²) in [6.07, 6.45) is 3.53. The van der Waals surface area contributed by atoms with Gasteiger partial charge in [-0.15, -0.1) is 0 Å². The maximum atomic E-state index is 6.10. The molecular weight excluding hydrogens is 354 g/mol. The van der Waals surface area contributed by atoms with E-state index in [4.69, 9.17) is 22.2 Å². The molecule has 112 valence electrons. The highest BCUT2D eigenvalue weighted by Gasteiger charge is 2.15. The molecule has 1 heterocycles. The summed E-state index contributed by atoms with van der Waals surface area (Å²) in [6, 6.07) is 7.36. The summed E-state index contributed by atoms with van der Waals surface area (Å²) in [7, 11) is 0. The molecule has 0 saturated heterocycles. The second kappa shape index (κ2) is 7.22. The van der Waals surface area contributed by atoms with Gasteiger partial charge in [0.1, 0.15) is 5.75 Å². The van der Waals surface area contributed by atoms with E-state index < -0.39 is 0 Å². The molecule has 1 aromatic heterocycles. The zero-order chi connectivity index (χ0) is 15.4. The molecule has 2 rings (SSSR count). The van der Waals surface area contributed by atoms with E-state index in [1.54, 1.807) is 12.4 Å². The molecule has 0 amide bonds. The third-order valence-corrected chi connectivity index (χ3v) is 3.50. The van der Waals surface area contributed by atoms with Crippen LogP contribution >= 0.6 is 27.5 Å². The van der Waals surface area contributed by atoms with Crippen LogP contribution in [0.5, 0.6) is 5.75 Å². The van der Waals surface area contributed by atoms with E-state index in [0.29, 0.717) is 10.8 Å². The molecule has 0 aliphatic heterocycles. The van der Waals surface area contributed by atoms with E-state index in [0.717, 1.165) is 15.6 Å². The van der Waals surface area contributed by atoms with Crippen molar-refractivity contribution in [3.63, 3.8) is 0 Å². The number of hydrogen-bond donors (Lipinski definition) is 2. The molecule has 0 radical (unpaired) electrons. The smallest absolute Gasteiger partial charge is 0.138 e. The molecule has 3 N–H and O–H groups in total. The minimum Gasteiger partial charge on any atom is -0.489 e. The summed E-state index contributed by atoms with van der Waals surface area (Å²) >= 11 is 9.54. The van der Waals surface area contributed by atoms with Crippen LogP contribution in [-0.2, 0) is 0 Å².